The Morgan fingerprint density at radius 2 is 1.72 bits per heavy atom. The van der Waals surface area contributed by atoms with Crippen LogP contribution in [0.25, 0.3) is 0 Å². The minimum atomic E-state index is -4.26. The Kier molecular flexibility index (Phi) is 10.2. The molecule has 3 aromatic carbocycles. The van der Waals surface area contributed by atoms with Crippen LogP contribution in [-0.4, -0.2) is 51.4 Å². The Morgan fingerprint density at radius 3 is 2.36 bits per heavy atom. The van der Waals surface area contributed by atoms with Gasteiger partial charge in [-0.05, 0) is 68.8 Å². The zero-order valence-corrected chi connectivity index (χ0v) is 24.5. The molecule has 0 aliphatic heterocycles. The van der Waals surface area contributed by atoms with Crippen molar-refractivity contribution in [3.8, 4) is 5.75 Å². The molecule has 208 valence electrons. The average molecular weight is 593 g/mol. The number of methoxy groups -OCH3 is 1. The van der Waals surface area contributed by atoms with Crippen molar-refractivity contribution in [2.75, 3.05) is 24.5 Å². The second-order valence-electron chi connectivity index (χ2n) is 8.86. The van der Waals surface area contributed by atoms with Gasteiger partial charge in [-0.15, -0.1) is 0 Å². The fourth-order valence-electron chi connectivity index (χ4n) is 3.90. The van der Waals surface area contributed by atoms with E-state index in [1.807, 2.05) is 6.92 Å². The predicted molar refractivity (Wildman–Crippen MR) is 154 cm³/mol. The van der Waals surface area contributed by atoms with Gasteiger partial charge in [0.05, 0.1) is 22.7 Å². The maximum atomic E-state index is 13.9. The summed E-state index contributed by atoms with van der Waals surface area (Å²) in [6.07, 6.45) is 0. The molecule has 0 saturated carbocycles. The lowest BCUT2D eigenvalue weighted by molar-refractivity contribution is -0.139. The first-order chi connectivity index (χ1) is 18.5. The van der Waals surface area contributed by atoms with Crippen molar-refractivity contribution >= 4 is 50.7 Å². The highest BCUT2D eigenvalue weighted by Crippen LogP contribution is 2.33. The van der Waals surface area contributed by atoms with Gasteiger partial charge in [-0.1, -0.05) is 53.0 Å². The molecule has 11 heteroatoms. The smallest absolute Gasteiger partial charge is 0.264 e. The molecule has 0 aliphatic rings. The van der Waals surface area contributed by atoms with E-state index in [1.54, 1.807) is 50.2 Å². The molecular weight excluding hydrogens is 561 g/mol. The van der Waals surface area contributed by atoms with E-state index in [-0.39, 0.29) is 33.1 Å². The van der Waals surface area contributed by atoms with E-state index in [0.29, 0.717) is 17.9 Å². The molecule has 1 atom stereocenters. The SMILES string of the molecule is CCNC(=O)C(C)N(Cc1cccc(OC)c1)C(=O)CN(c1cc(Cl)ccc1Cl)S(=O)(=O)c1ccc(C)cc1. The van der Waals surface area contributed by atoms with Crippen molar-refractivity contribution in [1.29, 1.82) is 0 Å². The molecule has 3 rings (SSSR count). The summed E-state index contributed by atoms with van der Waals surface area (Å²) in [7, 11) is -2.73. The Bertz CT molecular complexity index is 1430. The third-order valence-corrected chi connectivity index (χ3v) is 8.40. The zero-order valence-electron chi connectivity index (χ0n) is 22.1. The van der Waals surface area contributed by atoms with Gasteiger partial charge in [-0.25, -0.2) is 8.42 Å². The quantitative estimate of drug-likeness (QED) is 0.336. The van der Waals surface area contributed by atoms with E-state index >= 15 is 0 Å². The van der Waals surface area contributed by atoms with Gasteiger partial charge in [0.2, 0.25) is 11.8 Å². The maximum Gasteiger partial charge on any atom is 0.264 e. The Hall–Kier alpha value is -3.27. The summed E-state index contributed by atoms with van der Waals surface area (Å²) in [6.45, 7) is 4.99. The molecule has 0 saturated heterocycles. The number of benzene rings is 3. The molecule has 0 radical (unpaired) electrons. The molecule has 1 unspecified atom stereocenters. The molecule has 8 nitrogen and oxygen atoms in total. The molecule has 1 N–H and O–H groups in total. The standard InChI is InChI=1S/C28H31Cl2N3O5S/c1-5-31-28(35)20(3)32(17-21-7-6-8-23(15-21)38-4)27(34)18-33(26-16-22(29)11-14-25(26)30)39(36,37)24-12-9-19(2)10-13-24/h6-16,20H,5,17-18H2,1-4H3,(H,31,35). The largest absolute Gasteiger partial charge is 0.497 e. The summed E-state index contributed by atoms with van der Waals surface area (Å²) in [6, 6.07) is 16.8. The summed E-state index contributed by atoms with van der Waals surface area (Å²) >= 11 is 12.6. The van der Waals surface area contributed by atoms with Crippen LogP contribution < -0.4 is 14.4 Å². The second-order valence-corrected chi connectivity index (χ2v) is 11.6. The van der Waals surface area contributed by atoms with Crippen LogP contribution in [0, 0.1) is 6.92 Å². The van der Waals surface area contributed by atoms with Crippen LogP contribution in [0.3, 0.4) is 0 Å². The van der Waals surface area contributed by atoms with E-state index in [9.17, 15) is 18.0 Å². The topological polar surface area (TPSA) is 96.0 Å². The number of sulfonamides is 1. The monoisotopic (exact) mass is 591 g/mol. The molecule has 3 aromatic rings. The highest BCUT2D eigenvalue weighted by Gasteiger charge is 2.33. The van der Waals surface area contributed by atoms with Crippen LogP contribution in [0.5, 0.6) is 5.75 Å². The lowest BCUT2D eigenvalue weighted by Gasteiger charge is -2.32. The number of rotatable bonds is 11. The van der Waals surface area contributed by atoms with Crippen LogP contribution in [0.1, 0.15) is 25.0 Å². The number of ether oxygens (including phenoxy) is 1. The minimum absolute atomic E-state index is 0.0203. The van der Waals surface area contributed by atoms with E-state index in [4.69, 9.17) is 27.9 Å². The predicted octanol–water partition coefficient (Wildman–Crippen LogP) is 5.06. The third kappa shape index (κ3) is 7.44. The molecule has 2 amide bonds. The van der Waals surface area contributed by atoms with E-state index in [2.05, 4.69) is 5.32 Å². The van der Waals surface area contributed by atoms with Gasteiger partial charge in [-0.2, -0.15) is 0 Å². The third-order valence-electron chi connectivity index (χ3n) is 6.07. The molecular formula is C28H31Cl2N3O5S. The molecule has 0 aliphatic carbocycles. The molecule has 0 bridgehead atoms. The van der Waals surface area contributed by atoms with Gasteiger partial charge in [0.1, 0.15) is 18.3 Å². The number of nitrogens with one attached hydrogen (secondary N) is 1. The molecule has 0 spiro atoms. The molecule has 0 fully saturated rings. The first-order valence-corrected chi connectivity index (χ1v) is 14.4. The van der Waals surface area contributed by atoms with Crippen LogP contribution in [0.15, 0.2) is 71.6 Å². The van der Waals surface area contributed by atoms with Crippen LogP contribution in [0.2, 0.25) is 10.0 Å². The first kappa shape index (κ1) is 30.3. The highest BCUT2D eigenvalue weighted by molar-refractivity contribution is 7.92. The average Bonchev–Trinajstić information content (AvgIpc) is 2.91. The molecule has 39 heavy (non-hydrogen) atoms. The maximum absolute atomic E-state index is 13.9. The van der Waals surface area contributed by atoms with Crippen molar-refractivity contribution in [3.05, 3.63) is 87.9 Å². The fourth-order valence-corrected chi connectivity index (χ4v) is 5.76. The lowest BCUT2D eigenvalue weighted by Crippen LogP contribution is -2.51. The van der Waals surface area contributed by atoms with E-state index in [0.717, 1.165) is 9.87 Å². The Balaban J connectivity index is 2.08. The summed E-state index contributed by atoms with van der Waals surface area (Å²) in [5, 5.41) is 3.07. The summed E-state index contributed by atoms with van der Waals surface area (Å²) in [5.41, 5.74) is 1.62. The number of nitrogens with zero attached hydrogens (tertiary/aromatic N) is 2. The fraction of sp³-hybridized carbons (Fsp3) is 0.286. The van der Waals surface area contributed by atoms with Crippen molar-refractivity contribution in [2.45, 2.75) is 38.3 Å². The zero-order chi connectivity index (χ0) is 28.7. The lowest BCUT2D eigenvalue weighted by atomic mass is 10.1. The number of hydrogen-bond acceptors (Lipinski definition) is 5. The number of halogens is 2. The number of anilines is 1. The Morgan fingerprint density at radius 1 is 1.03 bits per heavy atom. The number of amides is 2. The normalized spacial score (nSPS) is 11.9. The number of carbonyl (C=O) groups excluding carboxylic acids is 2. The van der Waals surface area contributed by atoms with Crippen molar-refractivity contribution in [3.63, 3.8) is 0 Å². The number of likely N-dealkylation sites (N-methyl/N-ethyl adjacent to an activating group) is 1. The number of aryl methyl sites for hydroxylation is 1. The van der Waals surface area contributed by atoms with Gasteiger partial charge in [0.15, 0.2) is 0 Å². The van der Waals surface area contributed by atoms with Gasteiger partial charge in [0.25, 0.3) is 10.0 Å². The van der Waals surface area contributed by atoms with Gasteiger partial charge < -0.3 is 15.0 Å². The highest BCUT2D eigenvalue weighted by atomic mass is 35.5. The minimum Gasteiger partial charge on any atom is -0.497 e. The first-order valence-electron chi connectivity index (χ1n) is 12.2. The molecule has 0 heterocycles. The molecule has 0 aromatic heterocycles. The van der Waals surface area contributed by atoms with Crippen LogP contribution in [-0.2, 0) is 26.2 Å². The Labute approximate surface area is 239 Å². The summed E-state index contributed by atoms with van der Waals surface area (Å²) in [5.74, 6) is -0.398. The summed E-state index contributed by atoms with van der Waals surface area (Å²) in [4.78, 5) is 28.0. The van der Waals surface area contributed by atoms with Gasteiger partial charge >= 0.3 is 0 Å². The number of hydrogen-bond donors (Lipinski definition) is 1. The van der Waals surface area contributed by atoms with Crippen LogP contribution in [0.4, 0.5) is 5.69 Å². The van der Waals surface area contributed by atoms with E-state index < -0.39 is 28.5 Å². The second kappa shape index (κ2) is 13.2. The van der Waals surface area contributed by atoms with Crippen LogP contribution >= 0.6 is 23.2 Å². The number of carbonyl (C=O) groups is 2. The van der Waals surface area contributed by atoms with Crippen molar-refractivity contribution < 1.29 is 22.7 Å². The summed E-state index contributed by atoms with van der Waals surface area (Å²) < 4.78 is 34.0. The van der Waals surface area contributed by atoms with Gasteiger partial charge in [0, 0.05) is 18.1 Å². The van der Waals surface area contributed by atoms with E-state index in [1.165, 1.54) is 42.3 Å². The van der Waals surface area contributed by atoms with Crippen molar-refractivity contribution in [2.24, 2.45) is 0 Å². The van der Waals surface area contributed by atoms with Crippen molar-refractivity contribution in [1.82, 2.24) is 10.2 Å². The van der Waals surface area contributed by atoms with Gasteiger partial charge in [-0.3, -0.25) is 13.9 Å².